The van der Waals surface area contributed by atoms with Crippen LogP contribution in [-0.2, 0) is 24.0 Å². The average Bonchev–Trinajstić information content (AvgIpc) is 2.65. The topological polar surface area (TPSA) is 194 Å². The first-order valence-electron chi connectivity index (χ1n) is 9.98. The molecule has 0 saturated heterocycles. The molecule has 0 aliphatic carbocycles. The van der Waals surface area contributed by atoms with E-state index in [9.17, 15) is 29.1 Å². The number of carbonyl (C=O) groups excluding carboxylic acids is 4. The Labute approximate surface area is 186 Å². The number of primary amides is 1. The third kappa shape index (κ3) is 10.5. The van der Waals surface area contributed by atoms with Crippen molar-refractivity contribution in [2.45, 2.75) is 64.7 Å². The largest absolute Gasteiger partial charge is 0.480 e. The molecule has 4 unspecified atom stereocenters. The summed E-state index contributed by atoms with van der Waals surface area (Å²) in [4.78, 5) is 60.1. The molecule has 0 aliphatic heterocycles. The van der Waals surface area contributed by atoms with E-state index in [1.165, 1.54) is 11.8 Å². The Morgan fingerprint density at radius 2 is 1.32 bits per heavy atom. The fourth-order valence-corrected chi connectivity index (χ4v) is 3.11. The monoisotopic (exact) mass is 461 g/mol. The first kappa shape index (κ1) is 28.7. The summed E-state index contributed by atoms with van der Waals surface area (Å²) in [7, 11) is 0. The molecule has 0 heterocycles. The first-order valence-corrected chi connectivity index (χ1v) is 11.4. The van der Waals surface area contributed by atoms with Gasteiger partial charge in [-0.25, -0.2) is 4.79 Å². The van der Waals surface area contributed by atoms with Gasteiger partial charge in [-0.1, -0.05) is 27.7 Å². The number of carbonyl (C=O) groups is 5. The van der Waals surface area contributed by atoms with Gasteiger partial charge in [-0.2, -0.15) is 11.8 Å². The third-order valence-electron chi connectivity index (χ3n) is 4.48. The normalized spacial score (nSPS) is 15.0. The van der Waals surface area contributed by atoms with Gasteiger partial charge in [0.15, 0.2) is 0 Å². The second-order valence-corrected chi connectivity index (χ2v) is 8.90. The van der Waals surface area contributed by atoms with Crippen molar-refractivity contribution in [1.82, 2.24) is 16.0 Å². The van der Waals surface area contributed by atoms with Crippen molar-refractivity contribution >= 4 is 41.4 Å². The van der Waals surface area contributed by atoms with Crippen LogP contribution in [0.3, 0.4) is 0 Å². The van der Waals surface area contributed by atoms with E-state index in [4.69, 9.17) is 11.5 Å². The molecule has 0 aromatic rings. The van der Waals surface area contributed by atoms with Gasteiger partial charge in [-0.05, 0) is 30.3 Å². The molecule has 0 aromatic heterocycles. The van der Waals surface area contributed by atoms with E-state index >= 15 is 0 Å². The van der Waals surface area contributed by atoms with Crippen LogP contribution in [0.1, 0.15) is 40.5 Å². The molecule has 0 aliphatic rings. The van der Waals surface area contributed by atoms with Crippen LogP contribution in [0, 0.1) is 11.8 Å². The summed E-state index contributed by atoms with van der Waals surface area (Å²) < 4.78 is 0. The van der Waals surface area contributed by atoms with Crippen molar-refractivity contribution < 1.29 is 29.1 Å². The lowest BCUT2D eigenvalue weighted by atomic mass is 9.99. The molecule has 11 nitrogen and oxygen atoms in total. The smallest absolute Gasteiger partial charge is 0.326 e. The molecule has 178 valence electrons. The summed E-state index contributed by atoms with van der Waals surface area (Å²) in [6, 6.07) is -4.32. The summed E-state index contributed by atoms with van der Waals surface area (Å²) in [5.41, 5.74) is 10.7. The first-order chi connectivity index (χ1) is 14.3. The SMILES string of the molecule is CSCCC(NC(=O)C(NC(=O)C(NC(=O)C(N)CC(N)=O)C(C)C)C(C)C)C(=O)O. The summed E-state index contributed by atoms with van der Waals surface area (Å²) in [5.74, 6) is -4.04. The number of carboxylic acids is 1. The third-order valence-corrected chi connectivity index (χ3v) is 5.12. The maximum Gasteiger partial charge on any atom is 0.326 e. The van der Waals surface area contributed by atoms with Gasteiger partial charge in [0, 0.05) is 0 Å². The van der Waals surface area contributed by atoms with E-state index in [1.807, 2.05) is 6.26 Å². The van der Waals surface area contributed by atoms with Gasteiger partial charge in [-0.3, -0.25) is 19.2 Å². The van der Waals surface area contributed by atoms with Crippen LogP contribution in [0.4, 0.5) is 0 Å². The van der Waals surface area contributed by atoms with Gasteiger partial charge < -0.3 is 32.5 Å². The summed E-state index contributed by atoms with van der Waals surface area (Å²) in [6.45, 7) is 6.79. The molecular weight excluding hydrogens is 426 g/mol. The van der Waals surface area contributed by atoms with Gasteiger partial charge in [0.25, 0.3) is 0 Å². The van der Waals surface area contributed by atoms with Crippen molar-refractivity contribution in [1.29, 1.82) is 0 Å². The molecule has 4 amide bonds. The zero-order valence-corrected chi connectivity index (χ0v) is 19.5. The lowest BCUT2D eigenvalue weighted by molar-refractivity contribution is -0.142. The number of thioether (sulfide) groups is 1. The highest BCUT2D eigenvalue weighted by Crippen LogP contribution is 2.09. The summed E-state index contributed by atoms with van der Waals surface area (Å²) >= 11 is 1.45. The number of nitrogens with two attached hydrogens (primary N) is 2. The van der Waals surface area contributed by atoms with Crippen LogP contribution in [0.15, 0.2) is 0 Å². The Hall–Kier alpha value is -2.34. The highest BCUT2D eigenvalue weighted by Gasteiger charge is 2.33. The van der Waals surface area contributed by atoms with E-state index in [0.29, 0.717) is 5.75 Å². The van der Waals surface area contributed by atoms with Crippen molar-refractivity contribution in [3.63, 3.8) is 0 Å². The van der Waals surface area contributed by atoms with Crippen LogP contribution >= 0.6 is 11.8 Å². The molecular formula is C19H35N5O6S. The maximum absolute atomic E-state index is 12.8. The Bertz CT molecular complexity index is 658. The molecule has 0 radical (unpaired) electrons. The average molecular weight is 462 g/mol. The Balaban J connectivity index is 5.31. The van der Waals surface area contributed by atoms with Gasteiger partial charge >= 0.3 is 5.97 Å². The fraction of sp³-hybridized carbons (Fsp3) is 0.737. The van der Waals surface area contributed by atoms with Gasteiger partial charge in [0.05, 0.1) is 12.5 Å². The van der Waals surface area contributed by atoms with Crippen molar-refractivity contribution in [2.75, 3.05) is 12.0 Å². The molecule has 8 N–H and O–H groups in total. The lowest BCUT2D eigenvalue weighted by Gasteiger charge is -2.28. The minimum atomic E-state index is -1.21. The van der Waals surface area contributed by atoms with Crippen LogP contribution < -0.4 is 27.4 Å². The molecule has 0 spiro atoms. The lowest BCUT2D eigenvalue weighted by Crippen LogP contribution is -2.59. The quantitative estimate of drug-likeness (QED) is 0.185. The number of aliphatic carboxylic acids is 1. The molecule has 0 aromatic carbocycles. The van der Waals surface area contributed by atoms with Gasteiger partial charge in [0.2, 0.25) is 23.6 Å². The van der Waals surface area contributed by atoms with Crippen LogP contribution in [0.2, 0.25) is 0 Å². The number of hydrogen-bond donors (Lipinski definition) is 6. The predicted octanol–water partition coefficient (Wildman–Crippen LogP) is -1.21. The maximum atomic E-state index is 12.8. The van der Waals surface area contributed by atoms with Crippen LogP contribution in [0.25, 0.3) is 0 Å². The standard InChI is InChI=1S/C19H35N5O6S/c1-9(2)14(17(27)22-12(19(29)30)6-7-31-5)24-18(28)15(10(3)4)23-16(26)11(20)8-13(21)25/h9-12,14-15H,6-8,20H2,1-5H3,(H2,21,25)(H,22,27)(H,23,26)(H,24,28)(H,29,30). The highest BCUT2D eigenvalue weighted by atomic mass is 32.2. The molecule has 0 fully saturated rings. The number of amides is 4. The molecule has 4 atom stereocenters. The van der Waals surface area contributed by atoms with Crippen molar-refractivity contribution in [3.05, 3.63) is 0 Å². The minimum Gasteiger partial charge on any atom is -0.480 e. The molecule has 12 heteroatoms. The van der Waals surface area contributed by atoms with Gasteiger partial charge in [0.1, 0.15) is 18.1 Å². The zero-order valence-electron chi connectivity index (χ0n) is 18.6. The van der Waals surface area contributed by atoms with Crippen LogP contribution in [0.5, 0.6) is 0 Å². The van der Waals surface area contributed by atoms with E-state index in [-0.39, 0.29) is 24.7 Å². The van der Waals surface area contributed by atoms with E-state index in [0.717, 1.165) is 0 Å². The van der Waals surface area contributed by atoms with Crippen molar-refractivity contribution in [2.24, 2.45) is 23.3 Å². The predicted molar refractivity (Wildman–Crippen MR) is 118 cm³/mol. The molecule has 0 bridgehead atoms. The zero-order chi connectivity index (χ0) is 24.3. The minimum absolute atomic E-state index is 0.240. The number of nitrogens with one attached hydrogen (secondary N) is 3. The number of carboxylic acid groups (broad SMARTS) is 1. The Kier molecular flexibility index (Phi) is 12.8. The number of hydrogen-bond acceptors (Lipinski definition) is 7. The Morgan fingerprint density at radius 1 is 0.871 bits per heavy atom. The molecule has 31 heavy (non-hydrogen) atoms. The van der Waals surface area contributed by atoms with E-state index < -0.39 is 53.8 Å². The fourth-order valence-electron chi connectivity index (χ4n) is 2.64. The van der Waals surface area contributed by atoms with E-state index in [1.54, 1.807) is 27.7 Å². The molecule has 0 saturated carbocycles. The second kappa shape index (κ2) is 13.9. The molecule has 0 rings (SSSR count). The van der Waals surface area contributed by atoms with Crippen LogP contribution in [-0.4, -0.2) is 70.9 Å². The highest BCUT2D eigenvalue weighted by molar-refractivity contribution is 7.98. The summed E-state index contributed by atoms with van der Waals surface area (Å²) in [5, 5.41) is 16.8. The second-order valence-electron chi connectivity index (χ2n) is 7.92. The van der Waals surface area contributed by atoms with Gasteiger partial charge in [-0.15, -0.1) is 0 Å². The Morgan fingerprint density at radius 3 is 1.71 bits per heavy atom. The van der Waals surface area contributed by atoms with Crippen molar-refractivity contribution in [3.8, 4) is 0 Å². The summed E-state index contributed by atoms with van der Waals surface area (Å²) in [6.07, 6.45) is 1.69. The number of rotatable bonds is 14. The van der Waals surface area contributed by atoms with E-state index in [2.05, 4.69) is 16.0 Å².